The van der Waals surface area contributed by atoms with Gasteiger partial charge in [0.2, 0.25) is 0 Å². The van der Waals surface area contributed by atoms with Crippen LogP contribution in [0.25, 0.3) is 11.1 Å². The minimum Gasteiger partial charge on any atom is -0.482 e. The predicted molar refractivity (Wildman–Crippen MR) is 98.5 cm³/mol. The largest absolute Gasteiger partial charge is 0.482 e. The maximum atomic E-state index is 6.20. The molecule has 3 aromatic rings. The number of ether oxygens (including phenoxy) is 1. The maximum Gasteiger partial charge on any atom is 0.195 e. The van der Waals surface area contributed by atoms with Gasteiger partial charge < -0.3 is 4.74 Å². The summed E-state index contributed by atoms with van der Waals surface area (Å²) >= 11 is 5.27. The highest BCUT2D eigenvalue weighted by atomic mass is 32.1. The fourth-order valence-corrected chi connectivity index (χ4v) is 2.83. The van der Waals surface area contributed by atoms with E-state index in [1.807, 2.05) is 47.9 Å². The van der Waals surface area contributed by atoms with E-state index in [-0.39, 0.29) is 6.10 Å². The number of nitrogens with one attached hydrogen (secondary N) is 1. The monoisotopic (exact) mass is 337 g/mol. The molecule has 0 saturated heterocycles. The Kier molecular flexibility index (Phi) is 4.91. The summed E-state index contributed by atoms with van der Waals surface area (Å²) in [6, 6.07) is 18.2. The zero-order valence-electron chi connectivity index (χ0n) is 13.5. The molecule has 2 aromatic carbocycles. The number of aromatic nitrogens is 3. The van der Waals surface area contributed by atoms with Crippen molar-refractivity contribution in [2.24, 2.45) is 0 Å². The summed E-state index contributed by atoms with van der Waals surface area (Å²) in [5, 5.41) is 7.13. The first-order chi connectivity index (χ1) is 11.7. The van der Waals surface area contributed by atoms with Crippen molar-refractivity contribution in [3.05, 3.63) is 77.8 Å². The van der Waals surface area contributed by atoms with Crippen LogP contribution < -0.4 is 4.74 Å². The van der Waals surface area contributed by atoms with E-state index in [1.165, 1.54) is 0 Å². The van der Waals surface area contributed by atoms with Crippen molar-refractivity contribution in [2.45, 2.75) is 19.6 Å². The summed E-state index contributed by atoms with van der Waals surface area (Å²) in [7, 11) is 0. The molecule has 0 unspecified atom stereocenters. The number of para-hydroxylation sites is 1. The van der Waals surface area contributed by atoms with Gasteiger partial charge in [0.25, 0.3) is 0 Å². The molecule has 24 heavy (non-hydrogen) atoms. The standard InChI is InChI=1S/C19H19N3OS/c1-3-13-22-18(20-21-19(22)24)14(2)23-17-12-8-7-11-16(17)15-9-5-4-6-10-15/h3-12,14H,1,13H2,2H3,(H,21,24)/t14-/m0/s1. The molecular formula is C19H19N3OS. The van der Waals surface area contributed by atoms with E-state index in [9.17, 15) is 0 Å². The van der Waals surface area contributed by atoms with Crippen LogP contribution in [0.3, 0.4) is 0 Å². The molecule has 1 heterocycles. The lowest BCUT2D eigenvalue weighted by atomic mass is 10.0. The zero-order chi connectivity index (χ0) is 16.9. The van der Waals surface area contributed by atoms with E-state index in [0.717, 1.165) is 22.7 Å². The van der Waals surface area contributed by atoms with Gasteiger partial charge in [0.1, 0.15) is 5.75 Å². The second kappa shape index (κ2) is 7.27. The van der Waals surface area contributed by atoms with Crippen molar-refractivity contribution in [2.75, 3.05) is 0 Å². The number of H-pyrrole nitrogens is 1. The minimum absolute atomic E-state index is 0.247. The van der Waals surface area contributed by atoms with Gasteiger partial charge in [0.15, 0.2) is 16.7 Å². The van der Waals surface area contributed by atoms with E-state index < -0.39 is 0 Å². The fraction of sp³-hybridized carbons (Fsp3) is 0.158. The van der Waals surface area contributed by atoms with E-state index >= 15 is 0 Å². The summed E-state index contributed by atoms with van der Waals surface area (Å²) < 4.78 is 8.66. The third-order valence-corrected chi connectivity index (χ3v) is 4.05. The first-order valence-electron chi connectivity index (χ1n) is 7.78. The molecule has 5 heteroatoms. The number of nitrogens with zero attached hydrogens (tertiary/aromatic N) is 2. The highest BCUT2D eigenvalue weighted by Gasteiger charge is 2.17. The summed E-state index contributed by atoms with van der Waals surface area (Å²) in [6.45, 7) is 6.33. The van der Waals surface area contributed by atoms with Crippen LogP contribution in [0.4, 0.5) is 0 Å². The molecule has 0 amide bonds. The van der Waals surface area contributed by atoms with E-state index in [1.54, 1.807) is 6.08 Å². The molecule has 0 aliphatic heterocycles. The molecule has 0 saturated carbocycles. The number of hydrogen-bond donors (Lipinski definition) is 1. The van der Waals surface area contributed by atoms with Crippen LogP contribution >= 0.6 is 12.2 Å². The van der Waals surface area contributed by atoms with E-state index in [4.69, 9.17) is 17.0 Å². The van der Waals surface area contributed by atoms with Crippen LogP contribution in [0.1, 0.15) is 18.9 Å². The Hall–Kier alpha value is -2.66. The zero-order valence-corrected chi connectivity index (χ0v) is 14.3. The summed E-state index contributed by atoms with van der Waals surface area (Å²) in [5.74, 6) is 1.57. The van der Waals surface area contributed by atoms with Crippen molar-refractivity contribution in [1.82, 2.24) is 14.8 Å². The van der Waals surface area contributed by atoms with Gasteiger partial charge >= 0.3 is 0 Å². The number of aromatic amines is 1. The SMILES string of the molecule is C=CCn1c([C@H](C)Oc2ccccc2-c2ccccc2)n[nH]c1=S. The Balaban J connectivity index is 1.92. The van der Waals surface area contributed by atoms with E-state index in [0.29, 0.717) is 11.3 Å². The van der Waals surface area contributed by atoms with Crippen molar-refractivity contribution in [3.8, 4) is 16.9 Å². The molecule has 1 N–H and O–H groups in total. The predicted octanol–water partition coefficient (Wildman–Crippen LogP) is 4.93. The van der Waals surface area contributed by atoms with Crippen molar-refractivity contribution in [3.63, 3.8) is 0 Å². The van der Waals surface area contributed by atoms with Crippen LogP contribution in [0.5, 0.6) is 5.75 Å². The Morgan fingerprint density at radius 3 is 2.67 bits per heavy atom. The van der Waals surface area contributed by atoms with Gasteiger partial charge in [-0.05, 0) is 30.8 Å². The first-order valence-corrected chi connectivity index (χ1v) is 8.18. The molecule has 0 aliphatic rings. The number of benzene rings is 2. The molecule has 0 spiro atoms. The van der Waals surface area contributed by atoms with Crippen LogP contribution in [0, 0.1) is 4.77 Å². The molecule has 3 rings (SSSR count). The molecule has 0 bridgehead atoms. The first kappa shape index (κ1) is 16.2. The molecule has 0 aliphatic carbocycles. The van der Waals surface area contributed by atoms with Crippen molar-refractivity contribution in [1.29, 1.82) is 0 Å². The quantitative estimate of drug-likeness (QED) is 0.512. The topological polar surface area (TPSA) is 42.8 Å². The average Bonchev–Trinajstić information content (AvgIpc) is 2.97. The molecule has 0 radical (unpaired) electrons. The van der Waals surface area contributed by atoms with Crippen LogP contribution in [-0.2, 0) is 6.54 Å². The lowest BCUT2D eigenvalue weighted by molar-refractivity contribution is 0.212. The highest BCUT2D eigenvalue weighted by molar-refractivity contribution is 7.71. The Labute approximate surface area is 146 Å². The summed E-state index contributed by atoms with van der Waals surface area (Å²) in [5.41, 5.74) is 2.17. The Morgan fingerprint density at radius 2 is 1.92 bits per heavy atom. The lowest BCUT2D eigenvalue weighted by Crippen LogP contribution is -2.12. The minimum atomic E-state index is -0.247. The van der Waals surface area contributed by atoms with Gasteiger partial charge in [0, 0.05) is 12.1 Å². The van der Waals surface area contributed by atoms with Gasteiger partial charge in [-0.25, -0.2) is 0 Å². The molecule has 4 nitrogen and oxygen atoms in total. The second-order valence-electron chi connectivity index (χ2n) is 5.41. The number of hydrogen-bond acceptors (Lipinski definition) is 3. The molecule has 122 valence electrons. The van der Waals surface area contributed by atoms with Gasteiger partial charge in [-0.3, -0.25) is 9.67 Å². The van der Waals surface area contributed by atoms with Crippen LogP contribution in [0.15, 0.2) is 67.3 Å². The van der Waals surface area contributed by atoms with Crippen molar-refractivity contribution < 1.29 is 4.74 Å². The van der Waals surface area contributed by atoms with Gasteiger partial charge in [-0.2, -0.15) is 5.10 Å². The second-order valence-corrected chi connectivity index (χ2v) is 5.80. The third kappa shape index (κ3) is 3.31. The van der Waals surface area contributed by atoms with Crippen LogP contribution in [0.2, 0.25) is 0 Å². The molecule has 1 atom stereocenters. The summed E-state index contributed by atoms with van der Waals surface area (Å²) in [6.07, 6.45) is 1.54. The van der Waals surface area contributed by atoms with E-state index in [2.05, 4.69) is 35.0 Å². The molecule has 1 aromatic heterocycles. The average molecular weight is 337 g/mol. The maximum absolute atomic E-state index is 6.20. The highest BCUT2D eigenvalue weighted by Crippen LogP contribution is 2.32. The van der Waals surface area contributed by atoms with Crippen molar-refractivity contribution >= 4 is 12.2 Å². The molecule has 0 fully saturated rings. The van der Waals surface area contributed by atoms with Gasteiger partial charge in [-0.1, -0.05) is 54.6 Å². The Morgan fingerprint density at radius 1 is 1.21 bits per heavy atom. The third-order valence-electron chi connectivity index (χ3n) is 3.74. The lowest BCUT2D eigenvalue weighted by Gasteiger charge is -2.17. The van der Waals surface area contributed by atoms with Gasteiger partial charge in [-0.15, -0.1) is 6.58 Å². The Bertz CT molecular complexity index is 883. The summed E-state index contributed by atoms with van der Waals surface area (Å²) in [4.78, 5) is 0. The fourth-order valence-electron chi connectivity index (χ4n) is 2.61. The van der Waals surface area contributed by atoms with Gasteiger partial charge in [0.05, 0.1) is 0 Å². The molecular weight excluding hydrogens is 318 g/mol. The smallest absolute Gasteiger partial charge is 0.195 e. The number of allylic oxidation sites excluding steroid dienone is 1. The normalized spacial score (nSPS) is 11.9. The van der Waals surface area contributed by atoms with Crippen LogP contribution in [-0.4, -0.2) is 14.8 Å². The number of rotatable bonds is 6.